The van der Waals surface area contributed by atoms with Crippen LogP contribution in [0.15, 0.2) is 18.2 Å². The normalized spacial score (nSPS) is 13.1. The van der Waals surface area contributed by atoms with E-state index in [1.165, 1.54) is 13.2 Å². The summed E-state index contributed by atoms with van der Waals surface area (Å²) in [5.41, 5.74) is 0. The van der Waals surface area contributed by atoms with Gasteiger partial charge in [0.15, 0.2) is 6.61 Å². The lowest BCUT2D eigenvalue weighted by Gasteiger charge is -2.21. The van der Waals surface area contributed by atoms with Crippen LogP contribution in [-0.4, -0.2) is 31.6 Å². The van der Waals surface area contributed by atoms with Gasteiger partial charge in [-0.05, 0) is 18.1 Å². The maximum atomic E-state index is 11.9. The van der Waals surface area contributed by atoms with E-state index in [1.54, 1.807) is 12.1 Å². The van der Waals surface area contributed by atoms with Crippen molar-refractivity contribution in [3.05, 3.63) is 28.2 Å². The quantitative estimate of drug-likeness (QED) is 0.769. The summed E-state index contributed by atoms with van der Waals surface area (Å²) >= 11 is 11.7. The number of carbonyl (C=O) groups is 2. The minimum atomic E-state index is -0.695. The highest BCUT2D eigenvalue weighted by atomic mass is 35.5. The van der Waals surface area contributed by atoms with Gasteiger partial charge in [-0.25, -0.2) is 4.79 Å². The van der Waals surface area contributed by atoms with Crippen LogP contribution in [0, 0.1) is 5.92 Å². The molecule has 1 rings (SSSR count). The van der Waals surface area contributed by atoms with Crippen molar-refractivity contribution < 1.29 is 19.1 Å². The van der Waals surface area contributed by atoms with Gasteiger partial charge in [0.25, 0.3) is 5.91 Å². The molecule has 2 atom stereocenters. The lowest BCUT2D eigenvalue weighted by atomic mass is 9.99. The van der Waals surface area contributed by atoms with Gasteiger partial charge in [0.05, 0.1) is 17.2 Å². The van der Waals surface area contributed by atoms with E-state index in [0.717, 1.165) is 6.42 Å². The van der Waals surface area contributed by atoms with Gasteiger partial charge in [0.2, 0.25) is 0 Å². The van der Waals surface area contributed by atoms with Crippen LogP contribution < -0.4 is 10.1 Å². The first-order chi connectivity index (χ1) is 10.4. The maximum absolute atomic E-state index is 11.9. The van der Waals surface area contributed by atoms with Gasteiger partial charge < -0.3 is 14.8 Å². The second kappa shape index (κ2) is 8.86. The monoisotopic (exact) mass is 347 g/mol. The van der Waals surface area contributed by atoms with Crippen LogP contribution in [0.2, 0.25) is 10.0 Å². The number of hydrogen-bond acceptors (Lipinski definition) is 4. The molecule has 0 unspecified atom stereocenters. The molecule has 0 radical (unpaired) electrons. The highest BCUT2D eigenvalue weighted by Gasteiger charge is 2.26. The average molecular weight is 348 g/mol. The fourth-order valence-electron chi connectivity index (χ4n) is 1.73. The van der Waals surface area contributed by atoms with E-state index in [1.807, 2.05) is 13.8 Å². The summed E-state index contributed by atoms with van der Waals surface area (Å²) in [4.78, 5) is 23.6. The minimum absolute atomic E-state index is 0.0404. The Hall–Kier alpha value is -1.46. The highest BCUT2D eigenvalue weighted by molar-refractivity contribution is 6.42. The molecule has 0 saturated carbocycles. The third-order valence-corrected chi connectivity index (χ3v) is 3.98. The molecule has 0 saturated heterocycles. The molecular weight excluding hydrogens is 329 g/mol. The summed E-state index contributed by atoms with van der Waals surface area (Å²) in [6, 6.07) is 4.00. The van der Waals surface area contributed by atoms with Crippen LogP contribution in [0.5, 0.6) is 5.75 Å². The lowest BCUT2D eigenvalue weighted by molar-refractivity contribution is -0.146. The summed E-state index contributed by atoms with van der Waals surface area (Å²) in [5.74, 6) is -0.511. The van der Waals surface area contributed by atoms with Crippen LogP contribution in [-0.2, 0) is 14.3 Å². The van der Waals surface area contributed by atoms with Crippen LogP contribution >= 0.6 is 23.2 Å². The highest BCUT2D eigenvalue weighted by Crippen LogP contribution is 2.26. The second-order valence-electron chi connectivity index (χ2n) is 4.82. The Morgan fingerprint density at radius 2 is 1.95 bits per heavy atom. The van der Waals surface area contributed by atoms with Crippen molar-refractivity contribution in [1.82, 2.24) is 5.32 Å². The van der Waals surface area contributed by atoms with Crippen molar-refractivity contribution in [3.63, 3.8) is 0 Å². The molecule has 0 spiro atoms. The number of methoxy groups -OCH3 is 1. The number of halogens is 2. The predicted octanol–water partition coefficient (Wildman–Crippen LogP) is 3.08. The van der Waals surface area contributed by atoms with Crippen molar-refractivity contribution in [3.8, 4) is 5.75 Å². The largest absolute Gasteiger partial charge is 0.484 e. The molecule has 1 amide bonds. The first kappa shape index (κ1) is 18.6. The zero-order valence-corrected chi connectivity index (χ0v) is 14.2. The molecule has 122 valence electrons. The molecule has 5 nitrogen and oxygen atoms in total. The third kappa shape index (κ3) is 5.39. The summed E-state index contributed by atoms with van der Waals surface area (Å²) < 4.78 is 10.0. The zero-order chi connectivity index (χ0) is 16.7. The number of rotatable bonds is 7. The SMILES string of the molecule is CC[C@H](C)[C@H](NC(=O)COc1ccc(Cl)c(Cl)c1)C(=O)OC. The first-order valence-corrected chi connectivity index (χ1v) is 7.59. The van der Waals surface area contributed by atoms with Gasteiger partial charge in [-0.1, -0.05) is 43.5 Å². The molecule has 1 aromatic rings. The predicted molar refractivity (Wildman–Crippen MR) is 85.4 cm³/mol. The summed E-state index contributed by atoms with van der Waals surface area (Å²) in [6.07, 6.45) is 0.730. The maximum Gasteiger partial charge on any atom is 0.328 e. The van der Waals surface area contributed by atoms with Crippen molar-refractivity contribution in [2.45, 2.75) is 26.3 Å². The average Bonchev–Trinajstić information content (AvgIpc) is 2.52. The van der Waals surface area contributed by atoms with Crippen LogP contribution in [0.3, 0.4) is 0 Å². The number of amides is 1. The fraction of sp³-hybridized carbons (Fsp3) is 0.467. The van der Waals surface area contributed by atoms with E-state index in [9.17, 15) is 9.59 Å². The molecule has 1 aromatic carbocycles. The smallest absolute Gasteiger partial charge is 0.328 e. The number of hydrogen-bond donors (Lipinski definition) is 1. The van der Waals surface area contributed by atoms with Gasteiger partial charge in [0, 0.05) is 6.07 Å². The van der Waals surface area contributed by atoms with E-state index >= 15 is 0 Å². The summed E-state index contributed by atoms with van der Waals surface area (Å²) in [5, 5.41) is 3.36. The molecule has 0 aliphatic heterocycles. The molecular formula is C15H19Cl2NO4. The molecule has 22 heavy (non-hydrogen) atoms. The van der Waals surface area contributed by atoms with Gasteiger partial charge in [-0.15, -0.1) is 0 Å². The fourth-order valence-corrected chi connectivity index (χ4v) is 2.01. The van der Waals surface area contributed by atoms with Crippen molar-refractivity contribution in [2.24, 2.45) is 5.92 Å². The number of esters is 1. The molecule has 0 aliphatic rings. The Bertz CT molecular complexity index is 536. The molecule has 0 aromatic heterocycles. The van der Waals surface area contributed by atoms with Crippen molar-refractivity contribution >= 4 is 35.1 Å². The minimum Gasteiger partial charge on any atom is -0.484 e. The van der Waals surface area contributed by atoms with Crippen LogP contribution in [0.4, 0.5) is 0 Å². The Morgan fingerprint density at radius 3 is 2.50 bits per heavy atom. The number of ether oxygens (including phenoxy) is 2. The number of carbonyl (C=O) groups excluding carboxylic acids is 2. The second-order valence-corrected chi connectivity index (χ2v) is 5.63. The van der Waals surface area contributed by atoms with E-state index in [2.05, 4.69) is 5.32 Å². The Kier molecular flexibility index (Phi) is 7.48. The van der Waals surface area contributed by atoms with Gasteiger partial charge in [-0.3, -0.25) is 4.79 Å². The molecule has 0 aliphatic carbocycles. The Morgan fingerprint density at radius 1 is 1.27 bits per heavy atom. The molecule has 7 heteroatoms. The third-order valence-electron chi connectivity index (χ3n) is 3.25. The summed E-state index contributed by atoms with van der Waals surface area (Å²) in [7, 11) is 1.29. The molecule has 0 heterocycles. The topological polar surface area (TPSA) is 64.6 Å². The standard InChI is InChI=1S/C15H19Cl2NO4/c1-4-9(2)14(15(20)21-3)18-13(19)8-22-10-5-6-11(16)12(17)7-10/h5-7,9,14H,4,8H2,1-3H3,(H,18,19)/t9-,14-/m0/s1. The number of benzene rings is 1. The van der Waals surface area contributed by atoms with E-state index in [0.29, 0.717) is 15.8 Å². The van der Waals surface area contributed by atoms with Crippen LogP contribution in [0.1, 0.15) is 20.3 Å². The Balaban J connectivity index is 2.60. The molecule has 0 fully saturated rings. The van der Waals surface area contributed by atoms with E-state index in [-0.39, 0.29) is 12.5 Å². The summed E-state index contributed by atoms with van der Waals surface area (Å²) in [6.45, 7) is 3.56. The Labute approximate surface area is 139 Å². The van der Waals surface area contributed by atoms with Crippen molar-refractivity contribution in [2.75, 3.05) is 13.7 Å². The first-order valence-electron chi connectivity index (χ1n) is 6.84. The van der Waals surface area contributed by atoms with Crippen LogP contribution in [0.25, 0.3) is 0 Å². The zero-order valence-electron chi connectivity index (χ0n) is 12.7. The molecule has 0 bridgehead atoms. The van der Waals surface area contributed by atoms with Gasteiger partial charge in [0.1, 0.15) is 11.8 Å². The van der Waals surface area contributed by atoms with E-state index in [4.69, 9.17) is 32.7 Å². The number of nitrogens with one attached hydrogen (secondary N) is 1. The lowest BCUT2D eigenvalue weighted by Crippen LogP contribution is -2.47. The van der Waals surface area contributed by atoms with E-state index < -0.39 is 17.9 Å². The molecule has 1 N–H and O–H groups in total. The van der Waals surface area contributed by atoms with Gasteiger partial charge >= 0.3 is 5.97 Å². The van der Waals surface area contributed by atoms with Gasteiger partial charge in [-0.2, -0.15) is 0 Å². The van der Waals surface area contributed by atoms with Crippen molar-refractivity contribution in [1.29, 1.82) is 0 Å².